The minimum absolute atomic E-state index is 0.179. The van der Waals surface area contributed by atoms with Gasteiger partial charge in [0, 0.05) is 28.2 Å². The Kier molecular flexibility index (Phi) is 4.72. The van der Waals surface area contributed by atoms with Crippen LogP contribution < -0.4 is 5.32 Å². The summed E-state index contributed by atoms with van der Waals surface area (Å²) >= 11 is 3.46. The molecule has 1 aliphatic carbocycles. The topological polar surface area (TPSA) is 35.5 Å². The molecule has 1 saturated carbocycles. The maximum Gasteiger partial charge on any atom is 0.120 e. The van der Waals surface area contributed by atoms with Crippen LogP contribution in [0.5, 0.6) is 5.75 Å². The lowest BCUT2D eigenvalue weighted by Crippen LogP contribution is -2.54. The van der Waals surface area contributed by atoms with Crippen molar-refractivity contribution in [1.82, 2.24) is 10.2 Å². The van der Waals surface area contributed by atoms with Crippen molar-refractivity contribution in [2.75, 3.05) is 14.1 Å². The Morgan fingerprint density at radius 2 is 2.00 bits per heavy atom. The van der Waals surface area contributed by atoms with E-state index >= 15 is 0 Å². The molecule has 2 atom stereocenters. The summed E-state index contributed by atoms with van der Waals surface area (Å²) in [6.45, 7) is 7.74. The summed E-state index contributed by atoms with van der Waals surface area (Å²) in [6.07, 6.45) is 2.35. The molecule has 2 N–H and O–H groups in total. The van der Waals surface area contributed by atoms with E-state index in [-0.39, 0.29) is 11.0 Å². The lowest BCUT2D eigenvalue weighted by molar-refractivity contribution is 0.0489. The first-order valence-electron chi connectivity index (χ1n) is 7.56. The predicted molar refractivity (Wildman–Crippen MR) is 91.5 cm³/mol. The van der Waals surface area contributed by atoms with Crippen LogP contribution in [-0.2, 0) is 6.54 Å². The Balaban J connectivity index is 2.09. The Labute approximate surface area is 136 Å². The van der Waals surface area contributed by atoms with E-state index in [1.807, 2.05) is 12.1 Å². The fourth-order valence-corrected chi connectivity index (χ4v) is 3.98. The van der Waals surface area contributed by atoms with Crippen molar-refractivity contribution in [3.05, 3.63) is 28.2 Å². The van der Waals surface area contributed by atoms with Gasteiger partial charge in [-0.1, -0.05) is 29.8 Å². The van der Waals surface area contributed by atoms with E-state index in [0.29, 0.717) is 18.3 Å². The zero-order valence-electron chi connectivity index (χ0n) is 13.7. The molecule has 3 nitrogen and oxygen atoms in total. The van der Waals surface area contributed by atoms with Gasteiger partial charge in [-0.25, -0.2) is 0 Å². The molecule has 1 aromatic carbocycles. The van der Waals surface area contributed by atoms with Gasteiger partial charge in [0.2, 0.25) is 0 Å². The van der Waals surface area contributed by atoms with Gasteiger partial charge < -0.3 is 15.3 Å². The number of aromatic hydroxyl groups is 1. The summed E-state index contributed by atoms with van der Waals surface area (Å²) in [5.41, 5.74) is 1.32. The zero-order chi connectivity index (χ0) is 15.8. The number of nitrogens with one attached hydrogen (secondary N) is 1. The van der Waals surface area contributed by atoms with E-state index in [9.17, 15) is 5.11 Å². The van der Waals surface area contributed by atoms with E-state index in [1.165, 1.54) is 6.42 Å². The normalized spacial score (nSPS) is 28.2. The van der Waals surface area contributed by atoms with Crippen LogP contribution in [0.1, 0.15) is 39.2 Å². The predicted octanol–water partition coefficient (Wildman–Crippen LogP) is 3.75. The van der Waals surface area contributed by atoms with Gasteiger partial charge in [0.15, 0.2) is 0 Å². The molecule has 0 radical (unpaired) electrons. The first kappa shape index (κ1) is 16.8. The highest BCUT2D eigenvalue weighted by Crippen LogP contribution is 2.48. The Bertz CT molecular complexity index is 516. The van der Waals surface area contributed by atoms with Crippen LogP contribution in [0.3, 0.4) is 0 Å². The van der Waals surface area contributed by atoms with Gasteiger partial charge >= 0.3 is 0 Å². The second kappa shape index (κ2) is 5.90. The van der Waals surface area contributed by atoms with E-state index < -0.39 is 0 Å². The molecule has 1 aliphatic rings. The molecule has 1 aromatic rings. The number of phenolic OH excluding ortho intramolecular Hbond substituents is 1. The monoisotopic (exact) mass is 354 g/mol. The van der Waals surface area contributed by atoms with Crippen molar-refractivity contribution in [2.24, 2.45) is 5.41 Å². The van der Waals surface area contributed by atoms with Gasteiger partial charge in [-0.15, -0.1) is 0 Å². The Morgan fingerprint density at radius 3 is 2.57 bits per heavy atom. The van der Waals surface area contributed by atoms with E-state index in [1.54, 1.807) is 6.07 Å². The number of rotatable bonds is 4. The van der Waals surface area contributed by atoms with Crippen LogP contribution >= 0.6 is 15.9 Å². The number of halogens is 1. The molecular weight excluding hydrogens is 328 g/mol. The molecule has 0 amide bonds. The van der Waals surface area contributed by atoms with Crippen LogP contribution in [0.25, 0.3) is 0 Å². The van der Waals surface area contributed by atoms with Crippen LogP contribution in [0.15, 0.2) is 22.7 Å². The molecule has 0 bridgehead atoms. The van der Waals surface area contributed by atoms with Gasteiger partial charge in [-0.2, -0.15) is 0 Å². The Hall–Kier alpha value is -0.580. The number of benzene rings is 1. The third-order valence-corrected chi connectivity index (χ3v) is 6.24. The summed E-state index contributed by atoms with van der Waals surface area (Å²) < 4.78 is 1.00. The van der Waals surface area contributed by atoms with Crippen molar-refractivity contribution in [2.45, 2.75) is 51.7 Å². The molecule has 0 heterocycles. The van der Waals surface area contributed by atoms with Crippen LogP contribution in [0.2, 0.25) is 0 Å². The first-order chi connectivity index (χ1) is 9.68. The molecule has 2 rings (SSSR count). The summed E-state index contributed by atoms with van der Waals surface area (Å²) in [5.74, 6) is 0.358. The number of nitrogens with zero attached hydrogens (tertiary/aromatic N) is 1. The first-order valence-corrected chi connectivity index (χ1v) is 8.36. The largest absolute Gasteiger partial charge is 0.508 e. The van der Waals surface area contributed by atoms with Crippen LogP contribution in [0, 0.1) is 5.41 Å². The van der Waals surface area contributed by atoms with Crippen molar-refractivity contribution >= 4 is 15.9 Å². The number of hydrogen-bond acceptors (Lipinski definition) is 3. The molecule has 118 valence electrons. The number of hydrogen-bond donors (Lipinski definition) is 2. The average Bonchev–Trinajstić information content (AvgIpc) is 2.63. The van der Waals surface area contributed by atoms with E-state index in [0.717, 1.165) is 16.5 Å². The smallest absolute Gasteiger partial charge is 0.120 e. The van der Waals surface area contributed by atoms with Gasteiger partial charge in [0.1, 0.15) is 5.75 Å². The number of phenols is 1. The standard InChI is InChI=1S/C17H27BrN2O/c1-16(2)15(8-9-17(16,3)20(4)5)19-11-12-10-13(18)6-7-14(12)21/h6-7,10,15,19,21H,8-9,11H2,1-5H3/t15-,17+/m0/s1. The lowest BCUT2D eigenvalue weighted by atomic mass is 9.73. The van der Waals surface area contributed by atoms with Crippen molar-refractivity contribution < 1.29 is 5.11 Å². The van der Waals surface area contributed by atoms with E-state index in [4.69, 9.17) is 0 Å². The SMILES string of the molecule is CN(C)[C@]1(C)CC[C@H](NCc2cc(Br)ccc2O)C1(C)C. The minimum Gasteiger partial charge on any atom is -0.508 e. The second-order valence-corrected chi connectivity index (χ2v) is 8.05. The van der Waals surface area contributed by atoms with Gasteiger partial charge in [0.05, 0.1) is 0 Å². The lowest BCUT2D eigenvalue weighted by Gasteiger charge is -2.46. The quantitative estimate of drug-likeness (QED) is 0.864. The molecule has 21 heavy (non-hydrogen) atoms. The minimum atomic E-state index is 0.179. The summed E-state index contributed by atoms with van der Waals surface area (Å²) in [5, 5.41) is 13.6. The van der Waals surface area contributed by atoms with Gasteiger partial charge in [-0.3, -0.25) is 0 Å². The summed E-state index contributed by atoms with van der Waals surface area (Å²) in [7, 11) is 4.34. The summed E-state index contributed by atoms with van der Waals surface area (Å²) in [4.78, 5) is 2.35. The highest BCUT2D eigenvalue weighted by Gasteiger charge is 2.52. The molecule has 4 heteroatoms. The molecule has 0 spiro atoms. The Morgan fingerprint density at radius 1 is 1.33 bits per heavy atom. The fourth-order valence-electron chi connectivity index (χ4n) is 3.57. The maximum atomic E-state index is 9.96. The van der Waals surface area contributed by atoms with Crippen molar-refractivity contribution in [3.63, 3.8) is 0 Å². The average molecular weight is 355 g/mol. The fraction of sp³-hybridized carbons (Fsp3) is 0.647. The highest BCUT2D eigenvalue weighted by molar-refractivity contribution is 9.10. The third kappa shape index (κ3) is 2.99. The molecular formula is C17H27BrN2O. The molecule has 0 saturated heterocycles. The second-order valence-electron chi connectivity index (χ2n) is 7.14. The zero-order valence-corrected chi connectivity index (χ0v) is 15.3. The molecule has 0 unspecified atom stereocenters. The summed E-state index contributed by atoms with van der Waals surface area (Å²) in [6, 6.07) is 6.03. The van der Waals surface area contributed by atoms with Crippen molar-refractivity contribution in [1.29, 1.82) is 0 Å². The molecule has 1 fully saturated rings. The molecule has 0 aromatic heterocycles. The van der Waals surface area contributed by atoms with Crippen molar-refractivity contribution in [3.8, 4) is 5.75 Å². The van der Waals surface area contributed by atoms with Crippen LogP contribution in [-0.4, -0.2) is 35.7 Å². The maximum absolute atomic E-state index is 9.96. The van der Waals surface area contributed by atoms with E-state index in [2.05, 4.69) is 61.0 Å². The van der Waals surface area contributed by atoms with Crippen LogP contribution in [0.4, 0.5) is 0 Å². The third-order valence-electron chi connectivity index (χ3n) is 5.75. The van der Waals surface area contributed by atoms with Gasteiger partial charge in [-0.05, 0) is 57.5 Å². The highest BCUT2D eigenvalue weighted by atomic mass is 79.9. The molecule has 0 aliphatic heterocycles. The van der Waals surface area contributed by atoms with Gasteiger partial charge in [0.25, 0.3) is 0 Å².